The third-order valence-electron chi connectivity index (χ3n) is 1.39. The highest BCUT2D eigenvalue weighted by Gasteiger charge is 2.27. The van der Waals surface area contributed by atoms with E-state index in [9.17, 15) is 0 Å². The minimum Gasteiger partial charge on any atom is -0.394 e. The number of hydrogen-bond donors (Lipinski definition) is 2. The summed E-state index contributed by atoms with van der Waals surface area (Å²) < 4.78 is 4.85. The molecule has 4 nitrogen and oxygen atoms in total. The average molecular weight is 133 g/mol. The van der Waals surface area contributed by atoms with Gasteiger partial charge in [0.15, 0.2) is 0 Å². The first-order valence-corrected chi connectivity index (χ1v) is 2.88. The molecule has 1 rings (SSSR count). The van der Waals surface area contributed by atoms with Crippen LogP contribution in [-0.2, 0) is 4.74 Å². The van der Waals surface area contributed by atoms with Gasteiger partial charge in [0.1, 0.15) is 0 Å². The minimum atomic E-state index is -0.831. The molecule has 0 radical (unpaired) electrons. The van der Waals surface area contributed by atoms with Crippen LogP contribution in [0.25, 0.3) is 0 Å². The smallest absolute Gasteiger partial charge is 0.216 e. The Labute approximate surface area is 53.7 Å². The minimum absolute atomic E-state index is 0.0264. The molecular weight excluding hydrogens is 122 g/mol. The molecule has 0 aliphatic carbocycles. The molecule has 0 saturated carbocycles. The molecule has 0 spiro atoms. The largest absolute Gasteiger partial charge is 0.394 e. The number of likely N-dealkylation sites (N-methyl/N-ethyl adjacent to an activating group) is 1. The monoisotopic (exact) mass is 133 g/mol. The van der Waals surface area contributed by atoms with E-state index in [4.69, 9.17) is 14.9 Å². The summed E-state index contributed by atoms with van der Waals surface area (Å²) in [6.07, 6.45) is -1.05. The van der Waals surface area contributed by atoms with E-state index in [0.717, 1.165) is 0 Å². The predicted octanol–water partition coefficient (Wildman–Crippen LogP) is -1.41. The highest BCUT2D eigenvalue weighted by atomic mass is 16.6. The van der Waals surface area contributed by atoms with E-state index >= 15 is 0 Å². The Morgan fingerprint density at radius 3 is 2.67 bits per heavy atom. The molecule has 1 heterocycles. The predicted molar refractivity (Wildman–Crippen MR) is 30.6 cm³/mol. The van der Waals surface area contributed by atoms with Crippen molar-refractivity contribution in [3.05, 3.63) is 0 Å². The number of aliphatic hydroxyl groups is 2. The van der Waals surface area contributed by atoms with E-state index in [1.54, 1.807) is 11.9 Å². The van der Waals surface area contributed by atoms with Crippen molar-refractivity contribution in [2.24, 2.45) is 0 Å². The molecule has 9 heavy (non-hydrogen) atoms. The van der Waals surface area contributed by atoms with Crippen LogP contribution in [0.2, 0.25) is 0 Å². The molecule has 1 fully saturated rings. The summed E-state index contributed by atoms with van der Waals surface area (Å²) in [5.41, 5.74) is 0. The summed E-state index contributed by atoms with van der Waals surface area (Å²) in [7, 11) is 1.74. The molecule has 0 aromatic rings. The van der Waals surface area contributed by atoms with Crippen molar-refractivity contribution in [1.29, 1.82) is 0 Å². The van der Waals surface area contributed by atoms with Gasteiger partial charge in [0.25, 0.3) is 0 Å². The lowest BCUT2D eigenvalue weighted by atomic mass is 10.4. The van der Waals surface area contributed by atoms with Crippen LogP contribution < -0.4 is 0 Å². The molecule has 1 unspecified atom stereocenters. The zero-order valence-corrected chi connectivity index (χ0v) is 5.32. The second-order valence-electron chi connectivity index (χ2n) is 2.21. The van der Waals surface area contributed by atoms with Crippen molar-refractivity contribution >= 4 is 0 Å². The van der Waals surface area contributed by atoms with Crippen LogP contribution in [0.4, 0.5) is 0 Å². The van der Waals surface area contributed by atoms with Crippen LogP contribution in [-0.4, -0.2) is 47.8 Å². The van der Waals surface area contributed by atoms with Crippen molar-refractivity contribution in [2.45, 2.75) is 12.5 Å². The van der Waals surface area contributed by atoms with Gasteiger partial charge in [0.2, 0.25) is 6.41 Å². The molecule has 2 atom stereocenters. The van der Waals surface area contributed by atoms with Crippen molar-refractivity contribution in [2.75, 3.05) is 20.2 Å². The van der Waals surface area contributed by atoms with Crippen molar-refractivity contribution < 1.29 is 14.9 Å². The van der Waals surface area contributed by atoms with Gasteiger partial charge in [-0.05, 0) is 7.05 Å². The quantitative estimate of drug-likeness (QED) is 0.461. The van der Waals surface area contributed by atoms with Crippen LogP contribution in [0.15, 0.2) is 0 Å². The van der Waals surface area contributed by atoms with Gasteiger partial charge in [0, 0.05) is 6.54 Å². The Hall–Kier alpha value is -0.160. The molecule has 0 amide bonds. The number of hydrogen-bond acceptors (Lipinski definition) is 4. The summed E-state index contributed by atoms with van der Waals surface area (Å²) >= 11 is 0. The second-order valence-corrected chi connectivity index (χ2v) is 2.21. The lowest BCUT2D eigenvalue weighted by Gasteiger charge is -2.08. The van der Waals surface area contributed by atoms with E-state index in [-0.39, 0.29) is 12.7 Å². The third-order valence-corrected chi connectivity index (χ3v) is 1.39. The van der Waals surface area contributed by atoms with Crippen LogP contribution >= 0.6 is 0 Å². The maximum Gasteiger partial charge on any atom is 0.216 e. The average Bonchev–Trinajstić information content (AvgIpc) is 2.13. The maximum atomic E-state index is 8.89. The van der Waals surface area contributed by atoms with Gasteiger partial charge in [0.05, 0.1) is 12.7 Å². The summed E-state index contributed by atoms with van der Waals surface area (Å²) in [6, 6.07) is 0. The first-order chi connectivity index (χ1) is 4.24. The third kappa shape index (κ3) is 1.40. The van der Waals surface area contributed by atoms with Gasteiger partial charge in [-0.1, -0.05) is 0 Å². The van der Waals surface area contributed by atoms with E-state index in [0.29, 0.717) is 6.54 Å². The van der Waals surface area contributed by atoms with Gasteiger partial charge in [-0.15, -0.1) is 0 Å². The molecule has 0 aromatic carbocycles. The Morgan fingerprint density at radius 2 is 2.44 bits per heavy atom. The maximum absolute atomic E-state index is 8.89. The summed E-state index contributed by atoms with van der Waals surface area (Å²) in [5.74, 6) is 0. The zero-order valence-electron chi connectivity index (χ0n) is 5.32. The molecule has 1 aliphatic heterocycles. The molecular formula is C5H11NO3. The van der Waals surface area contributed by atoms with E-state index in [1.807, 2.05) is 0 Å². The lowest BCUT2D eigenvalue weighted by molar-refractivity contribution is -0.148. The Kier molecular flexibility index (Phi) is 2.02. The highest BCUT2D eigenvalue weighted by Crippen LogP contribution is 2.09. The number of ether oxygens (including phenoxy) is 1. The van der Waals surface area contributed by atoms with Crippen LogP contribution in [0.3, 0.4) is 0 Å². The lowest BCUT2D eigenvalue weighted by Crippen LogP contribution is -2.25. The van der Waals surface area contributed by atoms with Crippen molar-refractivity contribution in [1.82, 2.24) is 4.90 Å². The standard InChI is InChI=1S/C5H11NO3/c1-6-2-4(3-7)9-5(6)8/h4-5,7-8H,2-3H2,1H3/t4-,5?/m0/s1. The molecule has 0 bridgehead atoms. The van der Waals surface area contributed by atoms with Crippen LogP contribution in [0.5, 0.6) is 0 Å². The summed E-state index contributed by atoms with van der Waals surface area (Å²) in [4.78, 5) is 1.63. The molecule has 0 aromatic heterocycles. The van der Waals surface area contributed by atoms with E-state index < -0.39 is 6.41 Å². The molecule has 4 heteroatoms. The summed E-state index contributed by atoms with van der Waals surface area (Å²) in [5, 5.41) is 17.4. The summed E-state index contributed by atoms with van der Waals surface area (Å²) in [6.45, 7) is 0.569. The Bertz CT molecular complexity index is 88.2. The van der Waals surface area contributed by atoms with Gasteiger partial charge >= 0.3 is 0 Å². The fourth-order valence-electron chi connectivity index (χ4n) is 0.831. The van der Waals surface area contributed by atoms with Crippen molar-refractivity contribution in [3.8, 4) is 0 Å². The van der Waals surface area contributed by atoms with E-state index in [1.165, 1.54) is 0 Å². The topological polar surface area (TPSA) is 52.9 Å². The number of rotatable bonds is 1. The first kappa shape index (κ1) is 6.95. The van der Waals surface area contributed by atoms with Crippen molar-refractivity contribution in [3.63, 3.8) is 0 Å². The number of aliphatic hydroxyl groups excluding tert-OH is 2. The Morgan fingerprint density at radius 1 is 1.78 bits per heavy atom. The Balaban J connectivity index is 2.35. The SMILES string of the molecule is CN1C[C@@H](CO)OC1O. The number of nitrogens with zero attached hydrogens (tertiary/aromatic N) is 1. The van der Waals surface area contributed by atoms with Gasteiger partial charge in [-0.2, -0.15) is 0 Å². The fourth-order valence-corrected chi connectivity index (χ4v) is 0.831. The first-order valence-electron chi connectivity index (χ1n) is 2.88. The normalized spacial score (nSPS) is 37.7. The molecule has 54 valence electrons. The molecule has 2 N–H and O–H groups in total. The van der Waals surface area contributed by atoms with Gasteiger partial charge < -0.3 is 14.9 Å². The van der Waals surface area contributed by atoms with Crippen LogP contribution in [0.1, 0.15) is 0 Å². The van der Waals surface area contributed by atoms with Crippen LogP contribution in [0, 0.1) is 0 Å². The molecule has 1 saturated heterocycles. The van der Waals surface area contributed by atoms with Gasteiger partial charge in [-0.25, -0.2) is 0 Å². The second kappa shape index (κ2) is 2.62. The van der Waals surface area contributed by atoms with Gasteiger partial charge in [-0.3, -0.25) is 4.90 Å². The van der Waals surface area contributed by atoms with E-state index in [2.05, 4.69) is 0 Å². The highest BCUT2D eigenvalue weighted by molar-refractivity contribution is 4.68. The fraction of sp³-hybridized carbons (Fsp3) is 1.00. The molecule has 1 aliphatic rings. The zero-order chi connectivity index (χ0) is 6.85.